The Hall–Kier alpha value is -2.03. The predicted molar refractivity (Wildman–Crippen MR) is 101 cm³/mol. The summed E-state index contributed by atoms with van der Waals surface area (Å²) in [6, 6.07) is 6.00. The van der Waals surface area contributed by atoms with E-state index >= 15 is 0 Å². The summed E-state index contributed by atoms with van der Waals surface area (Å²) in [5, 5.41) is 5.37. The second-order valence-electron chi connectivity index (χ2n) is 6.77. The van der Waals surface area contributed by atoms with Crippen LogP contribution in [-0.2, 0) is 11.3 Å². The van der Waals surface area contributed by atoms with Gasteiger partial charge in [-0.2, -0.15) is 0 Å². The molecule has 1 aliphatic heterocycles. The Balaban J connectivity index is 1.50. The van der Waals surface area contributed by atoms with E-state index < -0.39 is 5.54 Å². The molecule has 0 radical (unpaired) electrons. The molecule has 2 aromatic heterocycles. The van der Waals surface area contributed by atoms with Gasteiger partial charge in [-0.3, -0.25) is 9.69 Å². The molecular weight excluding hydrogens is 336 g/mol. The average Bonchev–Trinajstić information content (AvgIpc) is 3.02. The fourth-order valence-electron chi connectivity index (χ4n) is 2.60. The molecule has 3 heterocycles. The Bertz CT molecular complexity index is 703. The Morgan fingerprint density at radius 3 is 2.72 bits per heavy atom. The van der Waals surface area contributed by atoms with Crippen molar-refractivity contribution in [3.63, 3.8) is 0 Å². The van der Waals surface area contributed by atoms with Crippen LogP contribution in [0.15, 0.2) is 29.8 Å². The first-order valence-corrected chi connectivity index (χ1v) is 9.23. The van der Waals surface area contributed by atoms with Crippen LogP contribution in [0.1, 0.15) is 19.5 Å². The maximum Gasteiger partial charge on any atom is 0.245 e. The molecule has 0 saturated carbocycles. The predicted octanol–water partition coefficient (Wildman–Crippen LogP) is 1.54. The number of nitrogens with two attached hydrogens (primary N) is 1. The fraction of sp³-hybridized carbons (Fsp3) is 0.471. The Morgan fingerprint density at radius 1 is 1.32 bits per heavy atom. The molecule has 0 spiro atoms. The molecule has 1 aliphatic rings. The lowest BCUT2D eigenvalue weighted by atomic mass is 10.1. The number of amides is 1. The summed E-state index contributed by atoms with van der Waals surface area (Å²) >= 11 is 1.43. The van der Waals surface area contributed by atoms with Crippen LogP contribution in [0.3, 0.4) is 0 Å². The molecule has 0 atom stereocenters. The van der Waals surface area contributed by atoms with E-state index in [4.69, 9.17) is 5.73 Å². The highest BCUT2D eigenvalue weighted by molar-refractivity contribution is 7.13. The molecule has 0 aromatic carbocycles. The topological polar surface area (TPSA) is 87.4 Å². The molecule has 1 amide bonds. The molecular formula is C17H24N6OS. The van der Waals surface area contributed by atoms with Crippen molar-refractivity contribution in [2.45, 2.75) is 25.9 Å². The third kappa shape index (κ3) is 4.75. The summed E-state index contributed by atoms with van der Waals surface area (Å²) in [5.41, 5.74) is 5.86. The number of nitrogens with one attached hydrogen (secondary N) is 1. The fourth-order valence-corrected chi connectivity index (χ4v) is 3.30. The van der Waals surface area contributed by atoms with Gasteiger partial charge in [-0.15, -0.1) is 11.3 Å². The van der Waals surface area contributed by atoms with Crippen molar-refractivity contribution in [2.75, 3.05) is 36.4 Å². The molecule has 0 aliphatic carbocycles. The molecule has 7 nitrogen and oxygen atoms in total. The van der Waals surface area contributed by atoms with E-state index in [1.54, 1.807) is 13.8 Å². The van der Waals surface area contributed by atoms with Gasteiger partial charge < -0.3 is 16.0 Å². The number of hydrogen-bond acceptors (Lipinski definition) is 7. The number of anilines is 2. The molecule has 0 unspecified atom stereocenters. The third-order valence-electron chi connectivity index (χ3n) is 4.09. The average molecular weight is 360 g/mol. The number of piperazine rings is 1. The van der Waals surface area contributed by atoms with Gasteiger partial charge in [0.2, 0.25) is 5.91 Å². The highest BCUT2D eigenvalue weighted by Crippen LogP contribution is 2.19. The van der Waals surface area contributed by atoms with Crippen LogP contribution in [-0.4, -0.2) is 52.5 Å². The first-order chi connectivity index (χ1) is 11.9. The minimum atomic E-state index is -0.909. The number of hydrogen-bond donors (Lipinski definition) is 2. The molecule has 2 aromatic rings. The maximum atomic E-state index is 11.9. The smallest absolute Gasteiger partial charge is 0.245 e. The van der Waals surface area contributed by atoms with Gasteiger partial charge in [-0.05, 0) is 26.0 Å². The third-order valence-corrected chi connectivity index (χ3v) is 4.90. The Morgan fingerprint density at radius 2 is 2.08 bits per heavy atom. The van der Waals surface area contributed by atoms with Crippen molar-refractivity contribution in [2.24, 2.45) is 5.73 Å². The summed E-state index contributed by atoms with van der Waals surface area (Å²) in [6.07, 6.45) is 1.83. The molecule has 3 rings (SSSR count). The van der Waals surface area contributed by atoms with E-state index in [9.17, 15) is 4.79 Å². The van der Waals surface area contributed by atoms with Gasteiger partial charge in [0.05, 0.1) is 11.2 Å². The number of aromatic nitrogens is 2. The van der Waals surface area contributed by atoms with Crippen molar-refractivity contribution < 1.29 is 4.79 Å². The van der Waals surface area contributed by atoms with Crippen LogP contribution < -0.4 is 16.0 Å². The number of rotatable bonds is 5. The normalized spacial score (nSPS) is 16.0. The van der Waals surface area contributed by atoms with Crippen molar-refractivity contribution in [3.8, 4) is 0 Å². The molecule has 3 N–H and O–H groups in total. The van der Waals surface area contributed by atoms with Gasteiger partial charge in [-0.1, -0.05) is 6.07 Å². The number of pyridine rings is 1. The van der Waals surface area contributed by atoms with Gasteiger partial charge >= 0.3 is 0 Å². The summed E-state index contributed by atoms with van der Waals surface area (Å²) in [5.74, 6) is 0.808. The molecule has 0 bridgehead atoms. The van der Waals surface area contributed by atoms with Crippen molar-refractivity contribution in [3.05, 3.63) is 35.5 Å². The Kier molecular flexibility index (Phi) is 5.31. The molecule has 1 saturated heterocycles. The standard InChI is InChI=1S/C17H24N6OS/c1-17(2,18)15(24)21-16-20-13(12-25-16)11-22-7-9-23(10-8-22)14-5-3-4-6-19-14/h3-6,12H,7-11,18H2,1-2H3,(H,20,21,24). The van der Waals surface area contributed by atoms with Crippen molar-refractivity contribution >= 4 is 28.2 Å². The zero-order valence-electron chi connectivity index (χ0n) is 14.6. The lowest BCUT2D eigenvalue weighted by Crippen LogP contribution is -2.46. The van der Waals surface area contributed by atoms with Crippen molar-refractivity contribution in [1.82, 2.24) is 14.9 Å². The van der Waals surface area contributed by atoms with Gasteiger partial charge in [0, 0.05) is 44.3 Å². The van der Waals surface area contributed by atoms with E-state index in [-0.39, 0.29) is 5.91 Å². The van der Waals surface area contributed by atoms with Crippen LogP contribution in [0, 0.1) is 0 Å². The first kappa shape index (κ1) is 17.8. The van der Waals surface area contributed by atoms with E-state index in [0.717, 1.165) is 44.2 Å². The summed E-state index contributed by atoms with van der Waals surface area (Å²) in [7, 11) is 0. The van der Waals surface area contributed by atoms with E-state index in [1.165, 1.54) is 11.3 Å². The number of carbonyl (C=O) groups excluding carboxylic acids is 1. The molecule has 134 valence electrons. The minimum absolute atomic E-state index is 0.225. The zero-order valence-corrected chi connectivity index (χ0v) is 15.4. The Labute approximate surface area is 151 Å². The van der Waals surface area contributed by atoms with Crippen LogP contribution in [0.25, 0.3) is 0 Å². The molecule has 25 heavy (non-hydrogen) atoms. The summed E-state index contributed by atoms with van der Waals surface area (Å²) in [4.78, 5) is 25.5. The van der Waals surface area contributed by atoms with Crippen molar-refractivity contribution in [1.29, 1.82) is 0 Å². The number of carbonyl (C=O) groups is 1. The second-order valence-corrected chi connectivity index (χ2v) is 7.63. The van der Waals surface area contributed by atoms with E-state index in [0.29, 0.717) is 5.13 Å². The van der Waals surface area contributed by atoms with Gasteiger partial charge in [0.25, 0.3) is 0 Å². The maximum absolute atomic E-state index is 11.9. The van der Waals surface area contributed by atoms with Crippen LogP contribution in [0.5, 0.6) is 0 Å². The number of nitrogens with zero attached hydrogens (tertiary/aromatic N) is 4. The zero-order chi connectivity index (χ0) is 17.9. The van der Waals surface area contributed by atoms with E-state index in [2.05, 4.69) is 25.1 Å². The summed E-state index contributed by atoms with van der Waals surface area (Å²) in [6.45, 7) is 7.97. The largest absolute Gasteiger partial charge is 0.354 e. The van der Waals surface area contributed by atoms with E-state index in [1.807, 2.05) is 29.8 Å². The van der Waals surface area contributed by atoms with Crippen LogP contribution in [0.4, 0.5) is 10.9 Å². The monoisotopic (exact) mass is 360 g/mol. The van der Waals surface area contributed by atoms with Gasteiger partial charge in [0.1, 0.15) is 5.82 Å². The molecule has 8 heteroatoms. The molecule has 1 fully saturated rings. The first-order valence-electron chi connectivity index (χ1n) is 8.35. The number of thiazole rings is 1. The minimum Gasteiger partial charge on any atom is -0.354 e. The highest BCUT2D eigenvalue weighted by atomic mass is 32.1. The quantitative estimate of drug-likeness (QED) is 0.841. The highest BCUT2D eigenvalue weighted by Gasteiger charge is 2.23. The van der Waals surface area contributed by atoms with Crippen LogP contribution >= 0.6 is 11.3 Å². The van der Waals surface area contributed by atoms with Crippen LogP contribution in [0.2, 0.25) is 0 Å². The lowest BCUT2D eigenvalue weighted by Gasteiger charge is -2.35. The summed E-state index contributed by atoms with van der Waals surface area (Å²) < 4.78 is 0. The second kappa shape index (κ2) is 7.47. The lowest BCUT2D eigenvalue weighted by molar-refractivity contribution is -0.120. The van der Waals surface area contributed by atoms with Gasteiger partial charge in [-0.25, -0.2) is 9.97 Å². The van der Waals surface area contributed by atoms with Gasteiger partial charge in [0.15, 0.2) is 5.13 Å². The SMILES string of the molecule is CC(C)(N)C(=O)Nc1nc(CN2CCN(c3ccccn3)CC2)cs1.